The van der Waals surface area contributed by atoms with Crippen molar-refractivity contribution in [2.24, 2.45) is 0 Å². The number of hydrogen-bond donors (Lipinski definition) is 2. The Morgan fingerprint density at radius 2 is 1.31 bits per heavy atom. The van der Waals surface area contributed by atoms with E-state index in [4.69, 9.17) is 0 Å². The molecule has 1 heterocycles. The molecule has 0 atom stereocenters. The highest BCUT2D eigenvalue weighted by Gasteiger charge is 2.17. The van der Waals surface area contributed by atoms with Crippen LogP contribution in [0.25, 0.3) is 20.5 Å². The van der Waals surface area contributed by atoms with Crippen LogP contribution in [0, 0.1) is 13.8 Å². The van der Waals surface area contributed by atoms with Crippen molar-refractivity contribution >= 4 is 60.1 Å². The molecule has 1 aromatic heterocycles. The van der Waals surface area contributed by atoms with Gasteiger partial charge in [0.1, 0.15) is 0 Å². The van der Waals surface area contributed by atoms with Gasteiger partial charge in [-0.05, 0) is 67.8 Å². The van der Waals surface area contributed by atoms with Gasteiger partial charge in [-0.25, -0.2) is 0 Å². The second kappa shape index (κ2) is 8.81. The predicted octanol–water partition coefficient (Wildman–Crippen LogP) is 9.43. The molecule has 0 fully saturated rings. The summed E-state index contributed by atoms with van der Waals surface area (Å²) >= 11 is 5.65. The van der Waals surface area contributed by atoms with Crippen LogP contribution in [0.2, 0.25) is 0 Å². The van der Waals surface area contributed by atoms with E-state index in [1.54, 1.807) is 0 Å². The molecular formula is C28H23BrN2S. The number of thiophene rings is 1. The molecule has 0 saturated heterocycles. The molecule has 0 unspecified atom stereocenters. The SMILES string of the molecule is Cc1ccc(Nc2ccc(Br)c(-c3cc4ccccc4s3)c2Nc2ccc(C)cc2)cc1. The van der Waals surface area contributed by atoms with E-state index >= 15 is 0 Å². The highest BCUT2D eigenvalue weighted by atomic mass is 79.9. The van der Waals surface area contributed by atoms with Crippen molar-refractivity contribution in [2.45, 2.75) is 13.8 Å². The van der Waals surface area contributed by atoms with Crippen LogP contribution in [0.5, 0.6) is 0 Å². The van der Waals surface area contributed by atoms with Crippen LogP contribution in [-0.4, -0.2) is 0 Å². The van der Waals surface area contributed by atoms with Gasteiger partial charge in [0, 0.05) is 31.0 Å². The van der Waals surface area contributed by atoms with Gasteiger partial charge in [0.2, 0.25) is 0 Å². The lowest BCUT2D eigenvalue weighted by atomic mass is 10.1. The topological polar surface area (TPSA) is 24.1 Å². The third kappa shape index (κ3) is 4.29. The average Bonchev–Trinajstić information content (AvgIpc) is 3.22. The highest BCUT2D eigenvalue weighted by Crippen LogP contribution is 2.46. The Hall–Kier alpha value is -3.08. The summed E-state index contributed by atoms with van der Waals surface area (Å²) in [6.45, 7) is 4.21. The van der Waals surface area contributed by atoms with Gasteiger partial charge in [-0.2, -0.15) is 0 Å². The molecule has 2 N–H and O–H groups in total. The molecule has 0 aliphatic rings. The minimum atomic E-state index is 1.03. The van der Waals surface area contributed by atoms with Gasteiger partial charge < -0.3 is 10.6 Å². The Morgan fingerprint density at radius 3 is 1.97 bits per heavy atom. The van der Waals surface area contributed by atoms with E-state index in [0.717, 1.165) is 32.8 Å². The van der Waals surface area contributed by atoms with Crippen molar-refractivity contribution < 1.29 is 0 Å². The number of halogens is 1. The maximum atomic E-state index is 3.83. The molecule has 0 bridgehead atoms. The zero-order valence-electron chi connectivity index (χ0n) is 17.9. The standard InChI is InChI=1S/C28H23BrN2S/c1-18-7-11-21(12-8-18)30-24-16-15-23(29)27(26-17-20-5-3-4-6-25(20)32-26)28(24)31-22-13-9-19(2)10-14-22/h3-17,30-31H,1-2H3. The summed E-state index contributed by atoms with van der Waals surface area (Å²) in [6, 6.07) is 32.1. The first-order chi connectivity index (χ1) is 15.6. The lowest BCUT2D eigenvalue weighted by Gasteiger charge is -2.19. The molecule has 2 nitrogen and oxygen atoms in total. The molecule has 5 rings (SSSR count). The maximum Gasteiger partial charge on any atom is 0.0722 e. The smallest absolute Gasteiger partial charge is 0.0722 e. The van der Waals surface area contributed by atoms with Crippen LogP contribution in [0.15, 0.2) is 95.5 Å². The van der Waals surface area contributed by atoms with Gasteiger partial charge >= 0.3 is 0 Å². The maximum absolute atomic E-state index is 3.83. The van der Waals surface area contributed by atoms with Crippen molar-refractivity contribution in [1.82, 2.24) is 0 Å². The fourth-order valence-corrected chi connectivity index (χ4v) is 5.53. The molecule has 0 spiro atoms. The van der Waals surface area contributed by atoms with Crippen LogP contribution < -0.4 is 10.6 Å². The second-order valence-electron chi connectivity index (χ2n) is 7.98. The van der Waals surface area contributed by atoms with Gasteiger partial charge in [0.05, 0.1) is 11.4 Å². The molecule has 4 aromatic carbocycles. The lowest BCUT2D eigenvalue weighted by molar-refractivity contribution is 1.43. The fourth-order valence-electron chi connectivity index (χ4n) is 3.73. The molecule has 4 heteroatoms. The number of hydrogen-bond acceptors (Lipinski definition) is 3. The van der Waals surface area contributed by atoms with Gasteiger partial charge in [-0.1, -0.05) is 69.5 Å². The number of anilines is 4. The molecule has 0 aliphatic heterocycles. The second-order valence-corrected chi connectivity index (χ2v) is 9.91. The van der Waals surface area contributed by atoms with Crippen LogP contribution in [0.4, 0.5) is 22.7 Å². The van der Waals surface area contributed by atoms with E-state index in [2.05, 4.69) is 131 Å². The molecule has 0 amide bonds. The van der Waals surface area contributed by atoms with Crippen molar-refractivity contribution in [3.05, 3.63) is 107 Å². The summed E-state index contributed by atoms with van der Waals surface area (Å²) in [7, 11) is 0. The predicted molar refractivity (Wildman–Crippen MR) is 144 cm³/mol. The average molecular weight is 499 g/mol. The molecule has 0 aliphatic carbocycles. The van der Waals surface area contributed by atoms with E-state index in [9.17, 15) is 0 Å². The van der Waals surface area contributed by atoms with Gasteiger partial charge in [-0.3, -0.25) is 0 Å². The largest absolute Gasteiger partial charge is 0.354 e. The molecule has 0 saturated carbocycles. The lowest BCUT2D eigenvalue weighted by Crippen LogP contribution is -2.00. The third-order valence-electron chi connectivity index (χ3n) is 5.48. The van der Waals surface area contributed by atoms with E-state index in [-0.39, 0.29) is 0 Å². The number of benzene rings is 4. The molecule has 32 heavy (non-hydrogen) atoms. The summed E-state index contributed by atoms with van der Waals surface area (Å²) < 4.78 is 2.35. The van der Waals surface area contributed by atoms with Crippen molar-refractivity contribution in [3.63, 3.8) is 0 Å². The molecule has 0 radical (unpaired) electrons. The van der Waals surface area contributed by atoms with E-state index in [1.807, 2.05) is 11.3 Å². The van der Waals surface area contributed by atoms with Gasteiger partial charge in [-0.15, -0.1) is 11.3 Å². The van der Waals surface area contributed by atoms with E-state index < -0.39 is 0 Å². The zero-order chi connectivity index (χ0) is 22.1. The van der Waals surface area contributed by atoms with Crippen molar-refractivity contribution in [3.8, 4) is 10.4 Å². The van der Waals surface area contributed by atoms with E-state index in [1.165, 1.54) is 26.1 Å². The van der Waals surface area contributed by atoms with Gasteiger partial charge in [0.15, 0.2) is 0 Å². The summed E-state index contributed by atoms with van der Waals surface area (Å²) in [5, 5.41) is 8.58. The fraction of sp³-hybridized carbons (Fsp3) is 0.0714. The Kier molecular flexibility index (Phi) is 5.73. The number of aryl methyl sites for hydroxylation is 2. The van der Waals surface area contributed by atoms with Crippen LogP contribution in [0.3, 0.4) is 0 Å². The Labute approximate surface area is 201 Å². The Morgan fingerprint density at radius 1 is 0.688 bits per heavy atom. The van der Waals surface area contributed by atoms with Gasteiger partial charge in [0.25, 0.3) is 0 Å². The summed E-state index contributed by atoms with van der Waals surface area (Å²) in [5.41, 5.74) is 7.85. The van der Waals surface area contributed by atoms with Crippen LogP contribution in [0.1, 0.15) is 11.1 Å². The Balaban J connectivity index is 1.66. The minimum Gasteiger partial charge on any atom is -0.354 e. The zero-order valence-corrected chi connectivity index (χ0v) is 20.3. The van der Waals surface area contributed by atoms with Crippen molar-refractivity contribution in [2.75, 3.05) is 10.6 Å². The molecular weight excluding hydrogens is 476 g/mol. The highest BCUT2D eigenvalue weighted by molar-refractivity contribution is 9.10. The summed E-state index contributed by atoms with van der Waals surface area (Å²) in [5.74, 6) is 0. The van der Waals surface area contributed by atoms with E-state index in [0.29, 0.717) is 0 Å². The first kappa shape index (κ1) is 20.8. The quantitative estimate of drug-likeness (QED) is 0.252. The monoisotopic (exact) mass is 498 g/mol. The first-order valence-electron chi connectivity index (χ1n) is 10.6. The molecule has 5 aromatic rings. The number of rotatable bonds is 5. The number of fused-ring (bicyclic) bond motifs is 1. The van der Waals surface area contributed by atoms with Crippen LogP contribution in [-0.2, 0) is 0 Å². The number of nitrogens with one attached hydrogen (secondary N) is 2. The first-order valence-corrected chi connectivity index (χ1v) is 12.2. The van der Waals surface area contributed by atoms with Crippen molar-refractivity contribution in [1.29, 1.82) is 0 Å². The molecule has 158 valence electrons. The minimum absolute atomic E-state index is 1.03. The normalized spacial score (nSPS) is 11.0. The Bertz CT molecular complexity index is 1350. The van der Waals surface area contributed by atoms with Crippen LogP contribution >= 0.6 is 27.3 Å². The third-order valence-corrected chi connectivity index (χ3v) is 7.27. The summed E-state index contributed by atoms with van der Waals surface area (Å²) in [4.78, 5) is 1.22. The summed E-state index contributed by atoms with van der Waals surface area (Å²) in [6.07, 6.45) is 0.